The monoisotopic (exact) mass is 392 g/mol. The van der Waals surface area contributed by atoms with Crippen LogP contribution in [0.2, 0.25) is 0 Å². The van der Waals surface area contributed by atoms with Gasteiger partial charge in [0, 0.05) is 5.56 Å². The molecule has 0 radical (unpaired) electrons. The summed E-state index contributed by atoms with van der Waals surface area (Å²) in [5, 5.41) is 12.6. The Kier molecular flexibility index (Phi) is 6.79. The Balaban J connectivity index is 2.27. The average molecular weight is 392 g/mol. The molecule has 0 bridgehead atoms. The zero-order valence-electron chi connectivity index (χ0n) is 16.0. The van der Waals surface area contributed by atoms with E-state index in [9.17, 15) is 14.7 Å². The second kappa shape index (κ2) is 8.85. The highest BCUT2D eigenvalue weighted by molar-refractivity contribution is 7.17. The fraction of sp³-hybridized carbons (Fsp3) is 0.421. The highest BCUT2D eigenvalue weighted by Gasteiger charge is 2.24. The van der Waals surface area contributed by atoms with Gasteiger partial charge in [-0.15, -0.1) is 11.3 Å². The second-order valence-electron chi connectivity index (χ2n) is 6.50. The summed E-state index contributed by atoms with van der Waals surface area (Å²) in [6.07, 6.45) is 0.363. The summed E-state index contributed by atoms with van der Waals surface area (Å²) < 4.78 is 10.5. The Labute approximate surface area is 162 Å². The van der Waals surface area contributed by atoms with Gasteiger partial charge in [0.25, 0.3) is 5.91 Å². The van der Waals surface area contributed by atoms with Crippen LogP contribution in [0.4, 0.5) is 0 Å². The quantitative estimate of drug-likeness (QED) is 0.715. The van der Waals surface area contributed by atoms with Crippen molar-refractivity contribution in [2.75, 3.05) is 14.2 Å². The zero-order chi connectivity index (χ0) is 20.1. The molecule has 1 amide bonds. The maximum Gasteiger partial charge on any atom is 0.326 e. The van der Waals surface area contributed by atoms with Crippen LogP contribution in [0.25, 0.3) is 10.6 Å². The van der Waals surface area contributed by atoms with Crippen molar-refractivity contribution in [3.05, 3.63) is 28.8 Å². The molecule has 1 aromatic heterocycles. The number of carboxylic acids is 1. The number of rotatable bonds is 8. The summed E-state index contributed by atoms with van der Waals surface area (Å²) in [5.41, 5.74) is 1.34. The number of aliphatic carboxylic acids is 1. The lowest BCUT2D eigenvalue weighted by Gasteiger charge is -2.15. The summed E-state index contributed by atoms with van der Waals surface area (Å²) in [7, 11) is 3.11. The largest absolute Gasteiger partial charge is 0.493 e. The maximum atomic E-state index is 12.6. The molecule has 2 rings (SSSR count). The van der Waals surface area contributed by atoms with Gasteiger partial charge < -0.3 is 19.9 Å². The number of hydrogen-bond acceptors (Lipinski definition) is 6. The van der Waals surface area contributed by atoms with Crippen molar-refractivity contribution in [1.82, 2.24) is 10.3 Å². The summed E-state index contributed by atoms with van der Waals surface area (Å²) in [5.74, 6) is -0.150. The number of hydrogen-bond donors (Lipinski definition) is 2. The fourth-order valence-corrected chi connectivity index (χ4v) is 3.58. The molecule has 2 N–H and O–H groups in total. The Morgan fingerprint density at radius 3 is 2.44 bits per heavy atom. The predicted molar refractivity (Wildman–Crippen MR) is 104 cm³/mol. The third-order valence-electron chi connectivity index (χ3n) is 3.94. The molecule has 0 spiro atoms. The normalized spacial score (nSPS) is 11.9. The molecule has 0 saturated carbocycles. The van der Waals surface area contributed by atoms with Crippen LogP contribution >= 0.6 is 11.3 Å². The third kappa shape index (κ3) is 4.97. The molecule has 0 aliphatic carbocycles. The van der Waals surface area contributed by atoms with Gasteiger partial charge in [0.05, 0.1) is 19.9 Å². The van der Waals surface area contributed by atoms with E-state index in [-0.39, 0.29) is 5.92 Å². The molecule has 8 heteroatoms. The third-order valence-corrected chi connectivity index (χ3v) is 5.15. The predicted octanol–water partition coefficient (Wildman–Crippen LogP) is 3.36. The van der Waals surface area contributed by atoms with E-state index >= 15 is 0 Å². The van der Waals surface area contributed by atoms with Gasteiger partial charge in [0.2, 0.25) is 0 Å². The standard InChI is InChI=1S/C19H24N2O5S/c1-10(2)8-13(19(23)24)21-17(22)16-11(3)20-18(27-16)12-6-7-14(25-4)15(9-12)26-5/h6-7,9-10,13H,8H2,1-5H3,(H,21,22)(H,23,24)/t13-/m1/s1. The SMILES string of the molecule is COc1ccc(-c2nc(C)c(C(=O)N[C@H](CC(C)C)C(=O)O)s2)cc1OC. The van der Waals surface area contributed by atoms with E-state index in [1.165, 1.54) is 11.3 Å². The molecular formula is C19H24N2O5S. The lowest BCUT2D eigenvalue weighted by molar-refractivity contribution is -0.139. The highest BCUT2D eigenvalue weighted by atomic mass is 32.1. The fourth-order valence-electron chi connectivity index (χ4n) is 2.62. The number of carbonyl (C=O) groups is 2. The first kappa shape index (κ1) is 20.7. The summed E-state index contributed by atoms with van der Waals surface area (Å²) >= 11 is 1.21. The first-order valence-electron chi connectivity index (χ1n) is 8.50. The Hall–Kier alpha value is -2.61. The van der Waals surface area contributed by atoms with Crippen LogP contribution in [0.15, 0.2) is 18.2 Å². The first-order valence-corrected chi connectivity index (χ1v) is 9.32. The number of aromatic nitrogens is 1. The van der Waals surface area contributed by atoms with E-state index in [4.69, 9.17) is 9.47 Å². The second-order valence-corrected chi connectivity index (χ2v) is 7.50. The number of nitrogens with zero attached hydrogens (tertiary/aromatic N) is 1. The van der Waals surface area contributed by atoms with E-state index in [2.05, 4.69) is 10.3 Å². The highest BCUT2D eigenvalue weighted by Crippen LogP contribution is 2.35. The first-order chi connectivity index (χ1) is 12.8. The topological polar surface area (TPSA) is 97.8 Å². The van der Waals surface area contributed by atoms with Crippen molar-refractivity contribution in [1.29, 1.82) is 0 Å². The van der Waals surface area contributed by atoms with E-state index in [1.807, 2.05) is 19.9 Å². The number of benzene rings is 1. The molecule has 1 atom stereocenters. The van der Waals surface area contributed by atoms with Crippen LogP contribution in [-0.2, 0) is 4.79 Å². The Morgan fingerprint density at radius 2 is 1.89 bits per heavy atom. The van der Waals surface area contributed by atoms with Gasteiger partial charge in [-0.1, -0.05) is 13.8 Å². The Bertz CT molecular complexity index is 832. The lowest BCUT2D eigenvalue weighted by Crippen LogP contribution is -2.41. The number of carboxylic acid groups (broad SMARTS) is 1. The number of ether oxygens (including phenoxy) is 2. The number of carbonyl (C=O) groups excluding carboxylic acids is 1. The van der Waals surface area contributed by atoms with Crippen LogP contribution in [0, 0.1) is 12.8 Å². The van der Waals surface area contributed by atoms with Crippen molar-refractivity contribution in [3.8, 4) is 22.1 Å². The molecule has 0 saturated heterocycles. The minimum absolute atomic E-state index is 0.149. The summed E-state index contributed by atoms with van der Waals surface area (Å²) in [4.78, 5) is 28.8. The molecule has 1 heterocycles. The van der Waals surface area contributed by atoms with Crippen LogP contribution in [0.3, 0.4) is 0 Å². The van der Waals surface area contributed by atoms with Gasteiger partial charge in [-0.25, -0.2) is 9.78 Å². The molecule has 146 valence electrons. The Morgan fingerprint density at radius 1 is 1.22 bits per heavy atom. The summed E-state index contributed by atoms with van der Waals surface area (Å²) in [6.45, 7) is 5.55. The molecular weight excluding hydrogens is 368 g/mol. The van der Waals surface area contributed by atoms with Crippen LogP contribution in [-0.4, -0.2) is 42.2 Å². The van der Waals surface area contributed by atoms with Crippen molar-refractivity contribution in [2.24, 2.45) is 5.92 Å². The number of amides is 1. The van der Waals surface area contributed by atoms with Crippen molar-refractivity contribution in [3.63, 3.8) is 0 Å². The molecule has 2 aromatic rings. The van der Waals surface area contributed by atoms with Gasteiger partial charge in [-0.05, 0) is 37.5 Å². The van der Waals surface area contributed by atoms with Gasteiger partial charge in [0.15, 0.2) is 11.5 Å². The zero-order valence-corrected chi connectivity index (χ0v) is 16.8. The van der Waals surface area contributed by atoms with E-state index < -0.39 is 17.9 Å². The van der Waals surface area contributed by atoms with Gasteiger partial charge in [0.1, 0.15) is 15.9 Å². The van der Waals surface area contributed by atoms with Gasteiger partial charge >= 0.3 is 5.97 Å². The summed E-state index contributed by atoms with van der Waals surface area (Å²) in [6, 6.07) is 4.47. The minimum Gasteiger partial charge on any atom is -0.493 e. The van der Waals surface area contributed by atoms with Gasteiger partial charge in [-0.2, -0.15) is 0 Å². The van der Waals surface area contributed by atoms with Crippen molar-refractivity contribution in [2.45, 2.75) is 33.2 Å². The van der Waals surface area contributed by atoms with Crippen LogP contribution < -0.4 is 14.8 Å². The van der Waals surface area contributed by atoms with Crippen molar-refractivity contribution < 1.29 is 24.2 Å². The van der Waals surface area contributed by atoms with Crippen LogP contribution in [0.5, 0.6) is 11.5 Å². The number of methoxy groups -OCH3 is 2. The van der Waals surface area contributed by atoms with Crippen molar-refractivity contribution >= 4 is 23.2 Å². The number of nitrogens with one attached hydrogen (secondary N) is 1. The molecule has 0 aliphatic rings. The van der Waals surface area contributed by atoms with Gasteiger partial charge in [-0.3, -0.25) is 4.79 Å². The average Bonchev–Trinajstić information content (AvgIpc) is 3.01. The molecule has 7 nitrogen and oxygen atoms in total. The maximum absolute atomic E-state index is 12.6. The molecule has 0 fully saturated rings. The van der Waals surface area contributed by atoms with Crippen LogP contribution in [0.1, 0.15) is 35.6 Å². The molecule has 1 aromatic carbocycles. The molecule has 0 unspecified atom stereocenters. The molecule has 27 heavy (non-hydrogen) atoms. The van der Waals surface area contributed by atoms with E-state index in [1.54, 1.807) is 33.3 Å². The molecule has 0 aliphatic heterocycles. The lowest BCUT2D eigenvalue weighted by atomic mass is 10.0. The van der Waals surface area contributed by atoms with E-state index in [0.717, 1.165) is 5.56 Å². The smallest absolute Gasteiger partial charge is 0.326 e. The minimum atomic E-state index is -1.04. The van der Waals surface area contributed by atoms with E-state index in [0.29, 0.717) is 33.5 Å². The number of aryl methyl sites for hydroxylation is 1. The number of thiazole rings is 1.